The van der Waals surface area contributed by atoms with E-state index in [9.17, 15) is 0 Å². The molecule has 19 heavy (non-hydrogen) atoms. The fourth-order valence-corrected chi connectivity index (χ4v) is 3.52. The van der Waals surface area contributed by atoms with Crippen LogP contribution in [0.15, 0.2) is 23.4 Å². The summed E-state index contributed by atoms with van der Waals surface area (Å²) in [5.41, 5.74) is 1.28. The minimum atomic E-state index is 0.703. The van der Waals surface area contributed by atoms with Gasteiger partial charge in [0.1, 0.15) is 0 Å². The van der Waals surface area contributed by atoms with Crippen molar-refractivity contribution in [2.45, 2.75) is 51.1 Å². The number of thioether (sulfide) groups is 1. The number of rotatable bonds is 7. The van der Waals surface area contributed by atoms with E-state index in [0.717, 1.165) is 19.0 Å². The van der Waals surface area contributed by atoms with E-state index in [1.807, 2.05) is 18.0 Å². The molecule has 0 radical (unpaired) electrons. The first-order chi connectivity index (χ1) is 9.24. The molecular weight excluding hydrogens is 252 g/mol. The second-order valence-electron chi connectivity index (χ2n) is 5.99. The molecule has 1 aliphatic rings. The molecule has 1 fully saturated rings. The van der Waals surface area contributed by atoms with Gasteiger partial charge in [0.15, 0.2) is 0 Å². The lowest BCUT2D eigenvalue weighted by atomic mass is 10.1. The van der Waals surface area contributed by atoms with Crippen LogP contribution in [-0.2, 0) is 6.54 Å². The van der Waals surface area contributed by atoms with Gasteiger partial charge in [0.2, 0.25) is 0 Å². The van der Waals surface area contributed by atoms with Crippen molar-refractivity contribution in [1.29, 1.82) is 0 Å². The summed E-state index contributed by atoms with van der Waals surface area (Å²) in [6.45, 7) is 6.46. The summed E-state index contributed by atoms with van der Waals surface area (Å²) < 4.78 is 0. The van der Waals surface area contributed by atoms with Gasteiger partial charge >= 0.3 is 0 Å². The molecule has 106 valence electrons. The highest BCUT2D eigenvalue weighted by atomic mass is 32.2. The maximum absolute atomic E-state index is 4.56. The van der Waals surface area contributed by atoms with Crippen LogP contribution in [0.25, 0.3) is 0 Å². The molecule has 0 unspecified atom stereocenters. The van der Waals surface area contributed by atoms with E-state index in [0.29, 0.717) is 5.92 Å². The van der Waals surface area contributed by atoms with Crippen LogP contribution in [0.3, 0.4) is 0 Å². The van der Waals surface area contributed by atoms with Crippen LogP contribution in [0.5, 0.6) is 0 Å². The Kier molecular flexibility index (Phi) is 6.18. The zero-order valence-corrected chi connectivity index (χ0v) is 13.0. The Morgan fingerprint density at radius 3 is 2.74 bits per heavy atom. The van der Waals surface area contributed by atoms with E-state index in [4.69, 9.17) is 0 Å². The minimum Gasteiger partial charge on any atom is -0.312 e. The molecule has 0 saturated heterocycles. The fourth-order valence-electron chi connectivity index (χ4n) is 2.49. The number of pyridine rings is 1. The Morgan fingerprint density at radius 2 is 2.11 bits per heavy atom. The van der Waals surface area contributed by atoms with Gasteiger partial charge in [0.05, 0.1) is 5.03 Å². The number of aromatic nitrogens is 1. The van der Waals surface area contributed by atoms with Crippen molar-refractivity contribution in [3.05, 3.63) is 23.9 Å². The van der Waals surface area contributed by atoms with Gasteiger partial charge in [-0.25, -0.2) is 4.98 Å². The SMILES string of the molecule is CC(C)CNCc1ccc(SCC2CCCC2)nc1. The summed E-state index contributed by atoms with van der Waals surface area (Å²) in [5, 5.41) is 4.63. The first-order valence-electron chi connectivity index (χ1n) is 7.52. The standard InChI is InChI=1S/C16H26N2S/c1-13(2)9-17-10-15-7-8-16(18-11-15)19-12-14-5-3-4-6-14/h7-8,11,13-14,17H,3-6,9-10,12H2,1-2H3. The molecular formula is C16H26N2S. The number of nitrogens with one attached hydrogen (secondary N) is 1. The molecule has 1 aromatic heterocycles. The largest absolute Gasteiger partial charge is 0.312 e. The molecule has 2 nitrogen and oxygen atoms in total. The maximum atomic E-state index is 4.56. The summed E-state index contributed by atoms with van der Waals surface area (Å²) in [6, 6.07) is 4.38. The lowest BCUT2D eigenvalue weighted by molar-refractivity contribution is 0.551. The highest BCUT2D eigenvalue weighted by molar-refractivity contribution is 7.99. The van der Waals surface area contributed by atoms with Crippen LogP contribution in [0.4, 0.5) is 0 Å². The Labute approximate surface area is 121 Å². The van der Waals surface area contributed by atoms with Crippen LogP contribution in [0, 0.1) is 11.8 Å². The molecule has 0 spiro atoms. The summed E-state index contributed by atoms with van der Waals surface area (Å²) in [4.78, 5) is 4.56. The molecule has 1 aliphatic carbocycles. The molecule has 0 aliphatic heterocycles. The zero-order chi connectivity index (χ0) is 13.5. The minimum absolute atomic E-state index is 0.703. The first-order valence-corrected chi connectivity index (χ1v) is 8.51. The van der Waals surface area contributed by atoms with E-state index in [2.05, 4.69) is 36.3 Å². The molecule has 1 saturated carbocycles. The van der Waals surface area contributed by atoms with Crippen molar-refractivity contribution >= 4 is 11.8 Å². The second-order valence-corrected chi connectivity index (χ2v) is 7.03. The van der Waals surface area contributed by atoms with Crippen LogP contribution in [-0.4, -0.2) is 17.3 Å². The van der Waals surface area contributed by atoms with Crippen molar-refractivity contribution in [2.75, 3.05) is 12.3 Å². The molecule has 1 aromatic rings. The van der Waals surface area contributed by atoms with Gasteiger partial charge in [-0.05, 0) is 42.9 Å². The zero-order valence-electron chi connectivity index (χ0n) is 12.2. The normalized spacial score (nSPS) is 16.4. The topological polar surface area (TPSA) is 24.9 Å². The van der Waals surface area contributed by atoms with Crippen molar-refractivity contribution in [2.24, 2.45) is 11.8 Å². The molecule has 1 heterocycles. The van der Waals surface area contributed by atoms with Crippen molar-refractivity contribution in [3.63, 3.8) is 0 Å². The Bertz CT molecular complexity index is 356. The summed E-state index contributed by atoms with van der Waals surface area (Å²) in [7, 11) is 0. The molecule has 1 N–H and O–H groups in total. The first kappa shape index (κ1) is 14.9. The third-order valence-electron chi connectivity index (χ3n) is 3.62. The van der Waals surface area contributed by atoms with Gasteiger partial charge in [-0.2, -0.15) is 0 Å². The molecule has 3 heteroatoms. The van der Waals surface area contributed by atoms with Crippen LogP contribution in [0.1, 0.15) is 45.1 Å². The summed E-state index contributed by atoms with van der Waals surface area (Å²) >= 11 is 1.92. The van der Waals surface area contributed by atoms with Gasteiger partial charge in [-0.15, -0.1) is 11.8 Å². The van der Waals surface area contributed by atoms with Crippen molar-refractivity contribution in [1.82, 2.24) is 10.3 Å². The Balaban J connectivity index is 1.71. The van der Waals surface area contributed by atoms with E-state index in [1.54, 1.807) is 0 Å². The summed E-state index contributed by atoms with van der Waals surface area (Å²) in [6.07, 6.45) is 7.72. The quantitative estimate of drug-likeness (QED) is 0.760. The molecule has 2 rings (SSSR count). The number of hydrogen-bond acceptors (Lipinski definition) is 3. The van der Waals surface area contributed by atoms with Crippen LogP contribution < -0.4 is 5.32 Å². The van der Waals surface area contributed by atoms with E-state index < -0.39 is 0 Å². The maximum Gasteiger partial charge on any atom is 0.0960 e. The Morgan fingerprint density at radius 1 is 1.32 bits per heavy atom. The third-order valence-corrected chi connectivity index (χ3v) is 4.80. The Hall–Kier alpha value is -0.540. The van der Waals surface area contributed by atoms with Crippen molar-refractivity contribution in [3.8, 4) is 0 Å². The lowest BCUT2D eigenvalue weighted by Gasteiger charge is -2.09. The monoisotopic (exact) mass is 278 g/mol. The van der Waals surface area contributed by atoms with Gasteiger partial charge in [0.25, 0.3) is 0 Å². The molecule has 0 amide bonds. The van der Waals surface area contributed by atoms with Gasteiger partial charge < -0.3 is 5.32 Å². The molecule has 0 atom stereocenters. The van der Waals surface area contributed by atoms with Gasteiger partial charge in [-0.3, -0.25) is 0 Å². The van der Waals surface area contributed by atoms with E-state index in [1.165, 1.54) is 42.0 Å². The highest BCUT2D eigenvalue weighted by Crippen LogP contribution is 2.30. The highest BCUT2D eigenvalue weighted by Gasteiger charge is 2.15. The van der Waals surface area contributed by atoms with Crippen LogP contribution >= 0.6 is 11.8 Å². The second kappa shape index (κ2) is 7.91. The third kappa shape index (κ3) is 5.53. The smallest absolute Gasteiger partial charge is 0.0960 e. The number of hydrogen-bond donors (Lipinski definition) is 1. The van der Waals surface area contributed by atoms with E-state index >= 15 is 0 Å². The predicted octanol–water partition coefficient (Wildman–Crippen LogP) is 4.11. The molecule has 0 bridgehead atoms. The van der Waals surface area contributed by atoms with Gasteiger partial charge in [-0.1, -0.05) is 32.8 Å². The average molecular weight is 278 g/mol. The summed E-state index contributed by atoms with van der Waals surface area (Å²) in [5.74, 6) is 2.88. The average Bonchev–Trinajstić information content (AvgIpc) is 2.90. The van der Waals surface area contributed by atoms with E-state index in [-0.39, 0.29) is 0 Å². The molecule has 0 aromatic carbocycles. The fraction of sp³-hybridized carbons (Fsp3) is 0.688. The lowest BCUT2D eigenvalue weighted by Crippen LogP contribution is -2.18. The van der Waals surface area contributed by atoms with Crippen LogP contribution in [0.2, 0.25) is 0 Å². The number of nitrogens with zero attached hydrogens (tertiary/aromatic N) is 1. The predicted molar refractivity (Wildman–Crippen MR) is 83.5 cm³/mol. The van der Waals surface area contributed by atoms with Crippen molar-refractivity contribution < 1.29 is 0 Å². The van der Waals surface area contributed by atoms with Gasteiger partial charge in [0, 0.05) is 18.5 Å².